The first-order chi connectivity index (χ1) is 9.52. The Kier molecular flexibility index (Phi) is 3.98. The van der Waals surface area contributed by atoms with Crippen molar-refractivity contribution in [3.8, 4) is 0 Å². The highest BCUT2D eigenvalue weighted by molar-refractivity contribution is 6.02. The largest absolute Gasteiger partial charge is 0.328 e. The molecule has 0 fully saturated rings. The molecule has 0 bridgehead atoms. The van der Waals surface area contributed by atoms with Gasteiger partial charge in [0, 0.05) is 14.1 Å². The topological polar surface area (TPSA) is 23.6 Å². The first-order valence-corrected chi connectivity index (χ1v) is 6.03. The van der Waals surface area contributed by atoms with Crippen molar-refractivity contribution in [3.63, 3.8) is 0 Å². The standard InChI is InChI=1S/C15H14F2N2O/c1-18(13-9-5-3-7-11(13)16)15(20)19(2)14-10-6-4-8-12(14)17/h3-10H,1-2H3. The quantitative estimate of drug-likeness (QED) is 0.821. The molecule has 2 aromatic carbocycles. The van der Waals surface area contributed by atoms with Crippen molar-refractivity contribution in [1.29, 1.82) is 0 Å². The number of hydrogen-bond acceptors (Lipinski definition) is 1. The molecule has 5 heteroatoms. The predicted octanol–water partition coefficient (Wildman–Crippen LogP) is 3.66. The van der Waals surface area contributed by atoms with Crippen molar-refractivity contribution in [2.75, 3.05) is 23.9 Å². The summed E-state index contributed by atoms with van der Waals surface area (Å²) in [6.07, 6.45) is 0. The zero-order valence-corrected chi connectivity index (χ0v) is 11.2. The number of urea groups is 1. The Labute approximate surface area is 116 Å². The van der Waals surface area contributed by atoms with E-state index in [0.717, 1.165) is 9.80 Å². The molecule has 0 radical (unpaired) electrons. The minimum atomic E-state index is -0.528. The van der Waals surface area contributed by atoms with Crippen LogP contribution >= 0.6 is 0 Å². The van der Waals surface area contributed by atoms with Gasteiger partial charge in [0.25, 0.3) is 0 Å². The summed E-state index contributed by atoms with van der Waals surface area (Å²) in [5, 5.41) is 0. The lowest BCUT2D eigenvalue weighted by molar-refractivity contribution is 0.253. The normalized spacial score (nSPS) is 10.2. The fourth-order valence-corrected chi connectivity index (χ4v) is 1.88. The highest BCUT2D eigenvalue weighted by atomic mass is 19.1. The number of benzene rings is 2. The van der Waals surface area contributed by atoms with E-state index >= 15 is 0 Å². The molecule has 0 saturated heterocycles. The molecule has 0 aliphatic rings. The van der Waals surface area contributed by atoms with Crippen LogP contribution in [-0.2, 0) is 0 Å². The van der Waals surface area contributed by atoms with Gasteiger partial charge in [-0.2, -0.15) is 0 Å². The molecule has 0 aromatic heterocycles. The zero-order valence-electron chi connectivity index (χ0n) is 11.2. The minimum Gasteiger partial charge on any atom is -0.294 e. The number of carbonyl (C=O) groups excluding carboxylic acids is 1. The van der Waals surface area contributed by atoms with Gasteiger partial charge in [0.2, 0.25) is 0 Å². The first-order valence-electron chi connectivity index (χ1n) is 6.03. The minimum absolute atomic E-state index is 0.140. The molecule has 0 aliphatic heterocycles. The molecule has 0 spiro atoms. The lowest BCUT2D eigenvalue weighted by Crippen LogP contribution is -2.39. The summed E-state index contributed by atoms with van der Waals surface area (Å²) in [6, 6.07) is 11.3. The Morgan fingerprint density at radius 2 is 1.15 bits per heavy atom. The molecule has 0 saturated carbocycles. The van der Waals surface area contributed by atoms with E-state index in [9.17, 15) is 13.6 Å². The summed E-state index contributed by atoms with van der Waals surface area (Å²) in [4.78, 5) is 14.5. The van der Waals surface area contributed by atoms with Crippen molar-refractivity contribution >= 4 is 17.4 Å². The van der Waals surface area contributed by atoms with Crippen LogP contribution in [-0.4, -0.2) is 20.1 Å². The average molecular weight is 276 g/mol. The van der Waals surface area contributed by atoms with E-state index in [1.54, 1.807) is 12.1 Å². The van der Waals surface area contributed by atoms with Crippen LogP contribution in [0.3, 0.4) is 0 Å². The number of carbonyl (C=O) groups is 1. The van der Waals surface area contributed by atoms with E-state index in [2.05, 4.69) is 0 Å². The molecule has 2 amide bonds. The van der Waals surface area contributed by atoms with E-state index in [-0.39, 0.29) is 11.4 Å². The molecule has 20 heavy (non-hydrogen) atoms. The van der Waals surface area contributed by atoms with Gasteiger partial charge in [-0.05, 0) is 24.3 Å². The van der Waals surface area contributed by atoms with Crippen LogP contribution < -0.4 is 9.80 Å². The third-order valence-electron chi connectivity index (χ3n) is 3.00. The SMILES string of the molecule is CN(C(=O)N(C)c1ccccc1F)c1ccccc1F. The van der Waals surface area contributed by atoms with Gasteiger partial charge < -0.3 is 0 Å². The first kappa shape index (κ1) is 14.0. The van der Waals surface area contributed by atoms with Gasteiger partial charge in [-0.3, -0.25) is 9.80 Å². The lowest BCUT2D eigenvalue weighted by atomic mass is 10.2. The smallest absolute Gasteiger partial charge is 0.294 e. The zero-order chi connectivity index (χ0) is 14.7. The van der Waals surface area contributed by atoms with Gasteiger partial charge in [0.1, 0.15) is 11.6 Å². The molecular weight excluding hydrogens is 262 g/mol. The summed E-state index contributed by atoms with van der Waals surface area (Å²) in [7, 11) is 2.89. The Morgan fingerprint density at radius 1 is 0.800 bits per heavy atom. The highest BCUT2D eigenvalue weighted by Gasteiger charge is 2.21. The molecule has 0 unspecified atom stereocenters. The van der Waals surface area contributed by atoms with E-state index in [1.807, 2.05) is 0 Å². The van der Waals surface area contributed by atoms with Gasteiger partial charge in [0.05, 0.1) is 11.4 Å². The van der Waals surface area contributed by atoms with Gasteiger partial charge >= 0.3 is 6.03 Å². The molecule has 3 nitrogen and oxygen atoms in total. The fraction of sp³-hybridized carbons (Fsp3) is 0.133. The Bertz CT molecular complexity index is 577. The van der Waals surface area contributed by atoms with Crippen LogP contribution in [0.15, 0.2) is 48.5 Å². The molecular formula is C15H14F2N2O. The summed E-state index contributed by atoms with van der Waals surface area (Å²) >= 11 is 0. The number of nitrogens with zero attached hydrogens (tertiary/aromatic N) is 2. The van der Waals surface area contributed by atoms with Crippen LogP contribution in [0.2, 0.25) is 0 Å². The summed E-state index contributed by atoms with van der Waals surface area (Å²) < 4.78 is 27.3. The molecule has 2 rings (SSSR count). The van der Waals surface area contributed by atoms with E-state index in [1.165, 1.54) is 50.5 Å². The summed E-state index contributed by atoms with van der Waals surface area (Å²) in [5.41, 5.74) is 0.279. The van der Waals surface area contributed by atoms with Gasteiger partial charge in [-0.1, -0.05) is 24.3 Å². The molecule has 0 heterocycles. The highest BCUT2D eigenvalue weighted by Crippen LogP contribution is 2.22. The Hall–Kier alpha value is -2.43. The van der Waals surface area contributed by atoms with Crippen molar-refractivity contribution in [2.45, 2.75) is 0 Å². The number of rotatable bonds is 2. The number of anilines is 2. The number of amides is 2. The van der Waals surface area contributed by atoms with Crippen molar-refractivity contribution in [2.24, 2.45) is 0 Å². The van der Waals surface area contributed by atoms with Gasteiger partial charge in [0.15, 0.2) is 0 Å². The maximum absolute atomic E-state index is 13.7. The van der Waals surface area contributed by atoms with Crippen molar-refractivity contribution < 1.29 is 13.6 Å². The molecule has 2 aromatic rings. The van der Waals surface area contributed by atoms with Crippen LogP contribution in [0.4, 0.5) is 25.0 Å². The number of para-hydroxylation sites is 2. The maximum atomic E-state index is 13.7. The number of halogens is 2. The summed E-state index contributed by atoms with van der Waals surface area (Å²) in [5.74, 6) is -1.02. The third-order valence-corrected chi connectivity index (χ3v) is 3.00. The van der Waals surface area contributed by atoms with Crippen LogP contribution in [0.5, 0.6) is 0 Å². The second kappa shape index (κ2) is 5.69. The van der Waals surface area contributed by atoms with E-state index in [4.69, 9.17) is 0 Å². The van der Waals surface area contributed by atoms with E-state index < -0.39 is 17.7 Å². The monoisotopic (exact) mass is 276 g/mol. The fourth-order valence-electron chi connectivity index (χ4n) is 1.88. The maximum Gasteiger partial charge on any atom is 0.328 e. The molecule has 104 valence electrons. The van der Waals surface area contributed by atoms with E-state index in [0.29, 0.717) is 0 Å². The van der Waals surface area contributed by atoms with Crippen LogP contribution in [0.1, 0.15) is 0 Å². The average Bonchev–Trinajstić information content (AvgIpc) is 2.46. The van der Waals surface area contributed by atoms with Crippen molar-refractivity contribution in [1.82, 2.24) is 0 Å². The van der Waals surface area contributed by atoms with Gasteiger partial charge in [-0.15, -0.1) is 0 Å². The molecule has 0 N–H and O–H groups in total. The Morgan fingerprint density at radius 3 is 1.50 bits per heavy atom. The van der Waals surface area contributed by atoms with Crippen LogP contribution in [0.25, 0.3) is 0 Å². The third kappa shape index (κ3) is 2.61. The second-order valence-electron chi connectivity index (χ2n) is 4.30. The van der Waals surface area contributed by atoms with Crippen molar-refractivity contribution in [3.05, 3.63) is 60.2 Å². The molecule has 0 atom stereocenters. The lowest BCUT2D eigenvalue weighted by Gasteiger charge is -2.25. The Balaban J connectivity index is 2.28. The second-order valence-corrected chi connectivity index (χ2v) is 4.30. The van der Waals surface area contributed by atoms with Gasteiger partial charge in [-0.25, -0.2) is 13.6 Å². The predicted molar refractivity (Wildman–Crippen MR) is 75.0 cm³/mol. The van der Waals surface area contributed by atoms with Crippen LogP contribution in [0, 0.1) is 11.6 Å². The summed E-state index contributed by atoms with van der Waals surface area (Å²) in [6.45, 7) is 0. The number of hydrogen-bond donors (Lipinski definition) is 0. The molecule has 0 aliphatic carbocycles.